The van der Waals surface area contributed by atoms with E-state index in [1.54, 1.807) is 19.2 Å². The van der Waals surface area contributed by atoms with Crippen molar-refractivity contribution in [3.8, 4) is 40.9 Å². The first-order chi connectivity index (χ1) is 26.2. The number of sulfonamides is 1. The minimum atomic E-state index is -3.81. The van der Waals surface area contributed by atoms with E-state index in [0.29, 0.717) is 22.7 Å². The molecule has 286 valence electrons. The minimum absolute atomic E-state index is 0.0319. The van der Waals surface area contributed by atoms with Crippen LogP contribution < -0.4 is 10.0 Å². The van der Waals surface area contributed by atoms with Crippen LogP contribution in [0.1, 0.15) is 59.7 Å². The van der Waals surface area contributed by atoms with E-state index in [0.717, 1.165) is 23.1 Å². The molecule has 0 aliphatic heterocycles. The number of alkyl halides is 2. The van der Waals surface area contributed by atoms with E-state index in [4.69, 9.17) is 16.6 Å². The Hall–Kier alpha value is -5.93. The van der Waals surface area contributed by atoms with Crippen LogP contribution in [0.3, 0.4) is 0 Å². The van der Waals surface area contributed by atoms with Gasteiger partial charge in [-0.25, -0.2) is 22.2 Å². The van der Waals surface area contributed by atoms with E-state index < -0.39 is 69.2 Å². The quantitative estimate of drug-likeness (QED) is 0.138. The highest BCUT2D eigenvalue weighted by Gasteiger charge is 2.60. The summed E-state index contributed by atoms with van der Waals surface area (Å²) in [4.78, 5) is 18.7. The van der Waals surface area contributed by atoms with Gasteiger partial charge in [-0.1, -0.05) is 35.4 Å². The van der Waals surface area contributed by atoms with Gasteiger partial charge in [-0.2, -0.15) is 24.2 Å². The molecule has 5 aromatic rings. The highest BCUT2D eigenvalue weighted by Crippen LogP contribution is 2.56. The number of nitrogens with one attached hydrogen (secondary N) is 2. The van der Waals surface area contributed by atoms with Crippen LogP contribution in [-0.4, -0.2) is 55.8 Å². The van der Waals surface area contributed by atoms with Gasteiger partial charge < -0.3 is 10.4 Å². The minimum Gasteiger partial charge on any atom is -0.378 e. The number of aryl methyl sites for hydroxylation is 1. The molecule has 2 aliphatic rings. The van der Waals surface area contributed by atoms with Crippen molar-refractivity contribution in [1.82, 2.24) is 29.9 Å². The first kappa shape index (κ1) is 38.3. The largest absolute Gasteiger partial charge is 0.378 e. The molecule has 2 aromatic carbocycles. The van der Waals surface area contributed by atoms with E-state index in [1.807, 2.05) is 6.07 Å². The van der Waals surface area contributed by atoms with Crippen LogP contribution in [0.25, 0.3) is 22.0 Å². The molecule has 3 heterocycles. The summed E-state index contributed by atoms with van der Waals surface area (Å²) >= 11 is 6.59. The molecule has 18 heteroatoms. The maximum absolute atomic E-state index is 15.5. The van der Waals surface area contributed by atoms with Gasteiger partial charge in [0.15, 0.2) is 11.5 Å². The van der Waals surface area contributed by atoms with E-state index in [2.05, 4.69) is 43.9 Å². The summed E-state index contributed by atoms with van der Waals surface area (Å²) in [6.07, 6.45) is 0.654. The predicted molar refractivity (Wildman–Crippen MR) is 196 cm³/mol. The summed E-state index contributed by atoms with van der Waals surface area (Å²) in [6, 6.07) is 9.57. The van der Waals surface area contributed by atoms with Crippen LogP contribution in [-0.2, 0) is 40.8 Å². The van der Waals surface area contributed by atoms with Crippen LogP contribution >= 0.6 is 11.6 Å². The van der Waals surface area contributed by atoms with Gasteiger partial charge in [-0.05, 0) is 62.1 Å². The van der Waals surface area contributed by atoms with Crippen molar-refractivity contribution < 1.29 is 35.9 Å². The Balaban J connectivity index is 1.39. The van der Waals surface area contributed by atoms with Crippen LogP contribution in [0, 0.1) is 52.6 Å². The molecule has 0 saturated carbocycles. The second-order valence-electron chi connectivity index (χ2n) is 14.0. The lowest BCUT2D eigenvalue weighted by atomic mass is 9.84. The summed E-state index contributed by atoms with van der Waals surface area (Å²) < 4.78 is 89.1. The number of benzene rings is 2. The zero-order chi connectivity index (χ0) is 40.5. The van der Waals surface area contributed by atoms with Gasteiger partial charge in [0.2, 0.25) is 15.9 Å². The Bertz CT molecular complexity index is 2760. The summed E-state index contributed by atoms with van der Waals surface area (Å²) in [6.45, 7) is 2.13. The van der Waals surface area contributed by atoms with Crippen molar-refractivity contribution in [3.63, 3.8) is 0 Å². The molecule has 0 saturated heterocycles. The molecular formula is C38H29ClF4N8O4S. The number of nitrogens with zero attached hydrogens (tertiary/aromatic N) is 6. The molecule has 0 fully saturated rings. The maximum atomic E-state index is 15.5. The second-order valence-corrected chi connectivity index (χ2v) is 16.1. The van der Waals surface area contributed by atoms with Crippen molar-refractivity contribution in [2.24, 2.45) is 13.0 Å². The summed E-state index contributed by atoms with van der Waals surface area (Å²) in [7, 11) is -2.26. The lowest BCUT2D eigenvalue weighted by Crippen LogP contribution is -2.35. The number of hydrogen-bond donors (Lipinski definition) is 3. The van der Waals surface area contributed by atoms with Crippen LogP contribution in [0.2, 0.25) is 5.02 Å². The number of nitriles is 1. The van der Waals surface area contributed by atoms with Crippen LogP contribution in [0.5, 0.6) is 0 Å². The zero-order valence-electron chi connectivity index (χ0n) is 29.8. The van der Waals surface area contributed by atoms with Gasteiger partial charge in [-0.3, -0.25) is 18.9 Å². The van der Waals surface area contributed by atoms with E-state index in [-0.39, 0.29) is 50.9 Å². The maximum Gasteiger partial charge on any atom is 0.304 e. The van der Waals surface area contributed by atoms with Gasteiger partial charge in [0.05, 0.1) is 39.8 Å². The number of aromatic nitrogens is 5. The van der Waals surface area contributed by atoms with Crippen molar-refractivity contribution in [2.45, 2.75) is 50.3 Å². The standard InChI is InChI=1S/C38H29ClF4N8O4S/c1-37(2,53)12-11-22-5-6-23(24-8-10-27(39)32-34(24)50(3)48-36(32)49-56(4,54)55)33(45-22)28(15-19-13-20(40)16-21(41)14-19)46-30(52)18-51-35-31(29(17-44)47-51)25-7-9-26(25)38(35,42)43/h5-6,8,10,13-14,16,25-26,28,53H,15,18H2,1-4H3,(H,46,52)(H,48,49)/t25-,26+,28-/m0/s1. The monoisotopic (exact) mass is 804 g/mol. The summed E-state index contributed by atoms with van der Waals surface area (Å²) in [5.41, 5.74) is -1.06. The number of hydrogen-bond acceptors (Lipinski definition) is 8. The van der Waals surface area contributed by atoms with E-state index >= 15 is 8.78 Å². The fourth-order valence-electron chi connectivity index (χ4n) is 6.91. The second kappa shape index (κ2) is 13.7. The average Bonchev–Trinajstić information content (AvgIpc) is 3.63. The Morgan fingerprint density at radius 1 is 1.12 bits per heavy atom. The number of anilines is 1. The number of amides is 1. The summed E-state index contributed by atoms with van der Waals surface area (Å²) in [5.74, 6) is 2.02. The highest BCUT2D eigenvalue weighted by molar-refractivity contribution is 7.92. The number of rotatable bonds is 9. The third-order valence-corrected chi connectivity index (χ3v) is 9.97. The topological polar surface area (TPSA) is 168 Å². The third-order valence-electron chi connectivity index (χ3n) is 9.09. The van der Waals surface area contributed by atoms with Gasteiger partial charge in [0, 0.05) is 29.8 Å². The van der Waals surface area contributed by atoms with Gasteiger partial charge in [-0.15, -0.1) is 0 Å². The van der Waals surface area contributed by atoms with Gasteiger partial charge in [0.1, 0.15) is 47.2 Å². The third kappa shape index (κ3) is 7.15. The fourth-order valence-corrected chi connectivity index (χ4v) is 7.64. The van der Waals surface area contributed by atoms with Crippen molar-refractivity contribution in [3.05, 3.63) is 93.0 Å². The first-order valence-corrected chi connectivity index (χ1v) is 19.1. The average molecular weight is 805 g/mol. The Kier molecular flexibility index (Phi) is 9.36. The van der Waals surface area contributed by atoms with Gasteiger partial charge in [0.25, 0.3) is 0 Å². The normalized spacial score (nSPS) is 17.0. The van der Waals surface area contributed by atoms with Crippen molar-refractivity contribution >= 4 is 44.3 Å². The first-order valence-electron chi connectivity index (χ1n) is 16.8. The summed E-state index contributed by atoms with van der Waals surface area (Å²) in [5, 5.41) is 31.5. The Morgan fingerprint density at radius 3 is 2.45 bits per heavy atom. The number of carbonyl (C=O) groups is 1. The molecule has 0 spiro atoms. The molecular weight excluding hydrogens is 776 g/mol. The molecule has 0 bridgehead atoms. The molecule has 3 atom stereocenters. The lowest BCUT2D eigenvalue weighted by molar-refractivity contribution is -0.123. The number of aliphatic hydroxyl groups is 1. The molecule has 1 amide bonds. The molecule has 56 heavy (non-hydrogen) atoms. The molecule has 2 aliphatic carbocycles. The number of fused-ring (bicyclic) bond motifs is 4. The van der Waals surface area contributed by atoms with Crippen LogP contribution in [0.15, 0.2) is 42.5 Å². The Labute approximate surface area is 322 Å². The SMILES string of the molecule is Cn1nc(NS(C)(=O)=O)c2c(Cl)ccc(-c3ccc(C#CC(C)(C)O)nc3[C@H](Cc3cc(F)cc(F)c3)NC(=O)Cn3nc(C#N)c4c3C(F)(F)[C@@H]3C#C[C@H]43)c21. The Morgan fingerprint density at radius 2 is 1.82 bits per heavy atom. The predicted octanol–water partition coefficient (Wildman–Crippen LogP) is 5.05. The number of halogens is 5. The zero-order valence-corrected chi connectivity index (χ0v) is 31.4. The fraction of sp³-hybridized carbons (Fsp3) is 0.289. The molecule has 12 nitrogen and oxygen atoms in total. The van der Waals surface area contributed by atoms with Crippen molar-refractivity contribution in [1.29, 1.82) is 5.26 Å². The molecule has 7 rings (SSSR count). The highest BCUT2D eigenvalue weighted by atomic mass is 35.5. The smallest absolute Gasteiger partial charge is 0.304 e. The number of carbonyl (C=O) groups excluding carboxylic acids is 1. The molecule has 0 unspecified atom stereocenters. The van der Waals surface area contributed by atoms with Crippen LogP contribution in [0.4, 0.5) is 23.4 Å². The van der Waals surface area contributed by atoms with Gasteiger partial charge >= 0.3 is 5.92 Å². The van der Waals surface area contributed by atoms with E-state index in [9.17, 15) is 32.4 Å². The van der Waals surface area contributed by atoms with E-state index in [1.165, 1.54) is 30.7 Å². The molecule has 3 N–H and O–H groups in total. The lowest BCUT2D eigenvalue weighted by Gasteiger charge is -2.24. The van der Waals surface area contributed by atoms with Crippen molar-refractivity contribution in [2.75, 3.05) is 11.0 Å². The molecule has 3 aromatic heterocycles. The number of pyridine rings is 1. The molecule has 0 radical (unpaired) electrons.